The van der Waals surface area contributed by atoms with Crippen LogP contribution in [0, 0.1) is 0 Å². The monoisotopic (exact) mass is 446 g/mol. The van der Waals surface area contributed by atoms with Crippen molar-refractivity contribution < 1.29 is 13.2 Å². The van der Waals surface area contributed by atoms with Gasteiger partial charge in [-0.1, -0.05) is 35.9 Å². The Morgan fingerprint density at radius 2 is 1.60 bits per heavy atom. The second-order valence-corrected chi connectivity index (χ2v) is 8.98. The van der Waals surface area contributed by atoms with Crippen molar-refractivity contribution in [1.82, 2.24) is 10.0 Å². The summed E-state index contributed by atoms with van der Waals surface area (Å²) in [5.41, 5.74) is 1.52. The molecule has 0 aliphatic rings. The van der Waals surface area contributed by atoms with Crippen LogP contribution in [0.3, 0.4) is 0 Å². The van der Waals surface area contributed by atoms with Gasteiger partial charge < -0.3 is 15.5 Å². The van der Waals surface area contributed by atoms with Gasteiger partial charge in [0.05, 0.1) is 4.90 Å². The Morgan fingerprint density at radius 1 is 0.933 bits per heavy atom. The second kappa shape index (κ2) is 9.34. The van der Waals surface area contributed by atoms with E-state index in [0.29, 0.717) is 16.1 Å². The second-order valence-electron chi connectivity index (χ2n) is 6.81. The minimum absolute atomic E-state index is 0.0557. The number of nitrogens with zero attached hydrogens (tertiary/aromatic N) is 1. The van der Waals surface area contributed by atoms with E-state index in [9.17, 15) is 13.2 Å². The summed E-state index contributed by atoms with van der Waals surface area (Å²) < 4.78 is 28.2. The Balaban J connectivity index is 1.62. The Bertz CT molecular complexity index is 1150. The third-order valence-corrected chi connectivity index (χ3v) is 6.21. The number of benzene rings is 3. The molecule has 9 heteroatoms. The average molecular weight is 447 g/mol. The number of carbonyl (C=O) groups excluding carboxylic acids is 1. The molecule has 0 atom stereocenters. The van der Waals surface area contributed by atoms with Gasteiger partial charge in [0.2, 0.25) is 10.0 Å². The largest absolute Gasteiger partial charge is 0.377 e. The van der Waals surface area contributed by atoms with Crippen LogP contribution in [0.2, 0.25) is 5.02 Å². The molecule has 2 amide bonds. The predicted octanol–water partition coefficient (Wildman–Crippen LogP) is 3.66. The number of urea groups is 1. The van der Waals surface area contributed by atoms with Gasteiger partial charge >= 0.3 is 6.03 Å². The summed E-state index contributed by atoms with van der Waals surface area (Å²) in [4.78, 5) is 14.1. The first-order valence-corrected chi connectivity index (χ1v) is 11.1. The molecule has 3 aromatic rings. The molecule has 0 heterocycles. The molecule has 3 aromatic carbocycles. The van der Waals surface area contributed by atoms with Gasteiger partial charge in [-0.25, -0.2) is 17.9 Å². The highest BCUT2D eigenvalue weighted by Crippen LogP contribution is 2.29. The van der Waals surface area contributed by atoms with E-state index in [-0.39, 0.29) is 18.0 Å². The SMILES string of the molecule is CN(C)c1cccc2c(S(=O)(=O)NCCNC(=O)Nc3ccc(Cl)cc3)cccc12. The number of rotatable bonds is 7. The van der Waals surface area contributed by atoms with Crippen molar-refractivity contribution >= 4 is 49.8 Å². The predicted molar refractivity (Wildman–Crippen MR) is 122 cm³/mol. The van der Waals surface area contributed by atoms with E-state index in [1.807, 2.05) is 37.2 Å². The smallest absolute Gasteiger partial charge is 0.319 e. The molecule has 0 aliphatic heterocycles. The Morgan fingerprint density at radius 3 is 2.30 bits per heavy atom. The van der Waals surface area contributed by atoms with Crippen LogP contribution in [0.25, 0.3) is 10.8 Å². The molecule has 0 saturated heterocycles. The molecule has 158 valence electrons. The van der Waals surface area contributed by atoms with Crippen LogP contribution in [0.5, 0.6) is 0 Å². The molecule has 0 radical (unpaired) electrons. The number of anilines is 2. The maximum absolute atomic E-state index is 12.8. The lowest BCUT2D eigenvalue weighted by molar-refractivity contribution is 0.252. The van der Waals surface area contributed by atoms with Crippen LogP contribution < -0.4 is 20.3 Å². The molecule has 0 bridgehead atoms. The summed E-state index contributed by atoms with van der Waals surface area (Å²) in [6.45, 7) is 0.187. The average Bonchev–Trinajstić information content (AvgIpc) is 2.72. The van der Waals surface area contributed by atoms with E-state index in [0.717, 1.165) is 11.1 Å². The molecule has 3 N–H and O–H groups in total. The van der Waals surface area contributed by atoms with E-state index < -0.39 is 16.1 Å². The maximum Gasteiger partial charge on any atom is 0.319 e. The summed E-state index contributed by atoms with van der Waals surface area (Å²) >= 11 is 5.81. The van der Waals surface area contributed by atoms with E-state index in [4.69, 9.17) is 11.6 Å². The zero-order valence-electron chi connectivity index (χ0n) is 16.6. The molecule has 0 aliphatic carbocycles. The number of hydrogen-bond acceptors (Lipinski definition) is 4. The van der Waals surface area contributed by atoms with Gasteiger partial charge in [-0.15, -0.1) is 0 Å². The van der Waals surface area contributed by atoms with Crippen molar-refractivity contribution in [2.75, 3.05) is 37.4 Å². The fourth-order valence-corrected chi connectivity index (χ4v) is 4.41. The van der Waals surface area contributed by atoms with E-state index >= 15 is 0 Å². The molecule has 0 saturated carbocycles. The minimum Gasteiger partial charge on any atom is -0.377 e. The van der Waals surface area contributed by atoms with Crippen molar-refractivity contribution in [2.24, 2.45) is 0 Å². The third kappa shape index (κ3) is 5.21. The fraction of sp³-hybridized carbons (Fsp3) is 0.190. The van der Waals surface area contributed by atoms with Crippen LogP contribution >= 0.6 is 11.6 Å². The van der Waals surface area contributed by atoms with Gasteiger partial charge in [-0.3, -0.25) is 0 Å². The van der Waals surface area contributed by atoms with Crippen molar-refractivity contribution in [1.29, 1.82) is 0 Å². The standard InChI is InChI=1S/C21H23ClN4O3S/c1-26(2)19-7-3-6-18-17(19)5-4-8-20(18)30(28,29)24-14-13-23-21(27)25-16-11-9-15(22)10-12-16/h3-12,24H,13-14H2,1-2H3,(H2,23,25,27). The summed E-state index contributed by atoms with van der Waals surface area (Å²) in [6.07, 6.45) is 0. The molecule has 0 fully saturated rings. The molecule has 0 unspecified atom stereocenters. The summed E-state index contributed by atoms with van der Waals surface area (Å²) in [5, 5.41) is 7.33. The summed E-state index contributed by atoms with van der Waals surface area (Å²) in [5.74, 6) is 0. The Labute approximate surface area is 181 Å². The summed E-state index contributed by atoms with van der Waals surface area (Å²) in [6, 6.07) is 17.0. The van der Waals surface area contributed by atoms with Gasteiger partial charge in [0, 0.05) is 54.4 Å². The van der Waals surface area contributed by atoms with E-state index in [1.165, 1.54) is 0 Å². The Hall–Kier alpha value is -2.81. The molecule has 0 spiro atoms. The number of amides is 2. The van der Waals surface area contributed by atoms with Gasteiger partial charge in [0.1, 0.15) is 0 Å². The first-order chi connectivity index (χ1) is 14.3. The maximum atomic E-state index is 12.8. The number of halogens is 1. The fourth-order valence-electron chi connectivity index (χ4n) is 3.04. The van der Waals surface area contributed by atoms with Crippen LogP contribution in [0.1, 0.15) is 0 Å². The van der Waals surface area contributed by atoms with Gasteiger partial charge in [0.15, 0.2) is 0 Å². The molecular weight excluding hydrogens is 424 g/mol. The van der Waals surface area contributed by atoms with E-state index in [1.54, 1.807) is 42.5 Å². The highest BCUT2D eigenvalue weighted by atomic mass is 35.5. The lowest BCUT2D eigenvalue weighted by Gasteiger charge is -2.17. The van der Waals surface area contributed by atoms with Crippen molar-refractivity contribution in [3.8, 4) is 0 Å². The topological polar surface area (TPSA) is 90.5 Å². The molecule has 30 heavy (non-hydrogen) atoms. The summed E-state index contributed by atoms with van der Waals surface area (Å²) in [7, 11) is 0.0775. The number of nitrogens with one attached hydrogen (secondary N) is 3. The number of fused-ring (bicyclic) bond motifs is 1. The van der Waals surface area contributed by atoms with Gasteiger partial charge in [-0.2, -0.15) is 0 Å². The van der Waals surface area contributed by atoms with Crippen LogP contribution in [-0.4, -0.2) is 41.6 Å². The normalized spacial score (nSPS) is 11.3. The lowest BCUT2D eigenvalue weighted by atomic mass is 10.1. The Kier molecular flexibility index (Phi) is 6.81. The third-order valence-electron chi connectivity index (χ3n) is 4.44. The number of hydrogen-bond donors (Lipinski definition) is 3. The zero-order chi connectivity index (χ0) is 21.7. The van der Waals surface area contributed by atoms with E-state index in [2.05, 4.69) is 15.4 Å². The molecular formula is C21H23ClN4O3S. The van der Waals surface area contributed by atoms with Crippen LogP contribution in [0.15, 0.2) is 65.6 Å². The lowest BCUT2D eigenvalue weighted by Crippen LogP contribution is -2.36. The molecule has 3 rings (SSSR count). The van der Waals surface area contributed by atoms with Crippen LogP contribution in [-0.2, 0) is 10.0 Å². The number of sulfonamides is 1. The zero-order valence-corrected chi connectivity index (χ0v) is 18.2. The van der Waals surface area contributed by atoms with Crippen molar-refractivity contribution in [3.05, 3.63) is 65.7 Å². The number of carbonyl (C=O) groups is 1. The van der Waals surface area contributed by atoms with Crippen molar-refractivity contribution in [2.45, 2.75) is 4.90 Å². The highest BCUT2D eigenvalue weighted by Gasteiger charge is 2.18. The van der Waals surface area contributed by atoms with Crippen LogP contribution in [0.4, 0.5) is 16.2 Å². The van der Waals surface area contributed by atoms with Crippen molar-refractivity contribution in [3.63, 3.8) is 0 Å². The quantitative estimate of drug-likeness (QED) is 0.483. The van der Waals surface area contributed by atoms with Gasteiger partial charge in [-0.05, 0) is 36.4 Å². The minimum atomic E-state index is -3.75. The first kappa shape index (κ1) is 21.9. The van der Waals surface area contributed by atoms with Gasteiger partial charge in [0.25, 0.3) is 0 Å². The first-order valence-electron chi connectivity index (χ1n) is 9.27. The molecule has 7 nitrogen and oxygen atoms in total. The highest BCUT2D eigenvalue weighted by molar-refractivity contribution is 7.89. The molecule has 0 aromatic heterocycles.